The zero-order chi connectivity index (χ0) is 21.3. The molecule has 1 fully saturated rings. The number of ether oxygens (including phenoxy) is 2. The first-order chi connectivity index (χ1) is 14.4. The predicted octanol–water partition coefficient (Wildman–Crippen LogP) is 2.20. The first-order valence-electron chi connectivity index (χ1n) is 9.84. The Bertz CT molecular complexity index is 1060. The molecule has 2 aromatic carbocycles. The molecule has 8 nitrogen and oxygen atoms in total. The number of carbonyl (C=O) groups excluding carboxylic acids is 1. The fourth-order valence-corrected chi connectivity index (χ4v) is 4.56. The maximum Gasteiger partial charge on any atom is 0.253 e. The zero-order valence-corrected chi connectivity index (χ0v) is 17.9. The van der Waals surface area contributed by atoms with E-state index in [0.717, 1.165) is 41.5 Å². The van der Waals surface area contributed by atoms with Crippen molar-refractivity contribution in [3.63, 3.8) is 0 Å². The average molecular weight is 432 g/mol. The summed E-state index contributed by atoms with van der Waals surface area (Å²) in [5.74, 6) is 1.02. The summed E-state index contributed by atoms with van der Waals surface area (Å²) in [6.45, 7) is 2.18. The van der Waals surface area contributed by atoms with Gasteiger partial charge in [0.05, 0.1) is 10.5 Å². The minimum Gasteiger partial charge on any atom is -0.454 e. The van der Waals surface area contributed by atoms with Gasteiger partial charge in [-0.3, -0.25) is 4.79 Å². The van der Waals surface area contributed by atoms with E-state index in [0.29, 0.717) is 23.6 Å². The minimum atomic E-state index is -3.64. The van der Waals surface area contributed by atoms with Crippen LogP contribution in [-0.2, 0) is 16.6 Å². The Labute approximate surface area is 176 Å². The highest BCUT2D eigenvalue weighted by Crippen LogP contribution is 2.32. The lowest BCUT2D eigenvalue weighted by atomic mass is 10.1. The van der Waals surface area contributed by atoms with Crippen molar-refractivity contribution in [2.75, 3.05) is 38.9 Å². The molecule has 0 spiro atoms. The van der Waals surface area contributed by atoms with Crippen LogP contribution >= 0.6 is 0 Å². The molecule has 0 radical (unpaired) electrons. The molecule has 0 atom stereocenters. The van der Waals surface area contributed by atoms with E-state index in [2.05, 4.69) is 10.2 Å². The summed E-state index contributed by atoms with van der Waals surface area (Å²) in [5, 5.41) is 2.91. The van der Waals surface area contributed by atoms with Gasteiger partial charge in [-0.1, -0.05) is 6.07 Å². The third-order valence-corrected chi connectivity index (χ3v) is 7.14. The Kier molecular flexibility index (Phi) is 5.57. The van der Waals surface area contributed by atoms with Gasteiger partial charge in [0.25, 0.3) is 5.91 Å². The molecule has 2 aliphatic heterocycles. The number of hydrogen-bond acceptors (Lipinski definition) is 6. The number of rotatable bonds is 6. The van der Waals surface area contributed by atoms with Crippen LogP contribution < -0.4 is 19.7 Å². The molecule has 1 saturated heterocycles. The Morgan fingerprint density at radius 3 is 2.53 bits per heavy atom. The number of nitrogens with zero attached hydrogens (tertiary/aromatic N) is 2. The number of anilines is 1. The van der Waals surface area contributed by atoms with Gasteiger partial charge in [-0.2, -0.15) is 0 Å². The first-order valence-corrected chi connectivity index (χ1v) is 11.3. The smallest absolute Gasteiger partial charge is 0.253 e. The second-order valence-electron chi connectivity index (χ2n) is 7.53. The highest BCUT2D eigenvalue weighted by Gasteiger charge is 2.24. The molecule has 0 saturated carbocycles. The number of amides is 1. The molecule has 1 amide bonds. The fraction of sp³-hybridized carbons (Fsp3) is 0.381. The van der Waals surface area contributed by atoms with Crippen molar-refractivity contribution in [2.45, 2.75) is 24.3 Å². The molecule has 0 aliphatic carbocycles. The summed E-state index contributed by atoms with van der Waals surface area (Å²) >= 11 is 0. The van der Waals surface area contributed by atoms with Crippen molar-refractivity contribution in [3.8, 4) is 11.5 Å². The Hall–Kier alpha value is -2.78. The van der Waals surface area contributed by atoms with E-state index in [1.165, 1.54) is 20.2 Å². The lowest BCUT2D eigenvalue weighted by Gasteiger charge is -2.22. The van der Waals surface area contributed by atoms with Crippen LogP contribution in [0.2, 0.25) is 0 Å². The normalized spacial score (nSPS) is 15.6. The maximum absolute atomic E-state index is 13.1. The predicted molar refractivity (Wildman–Crippen MR) is 112 cm³/mol. The molecule has 0 aromatic heterocycles. The number of benzene rings is 2. The van der Waals surface area contributed by atoms with E-state index in [4.69, 9.17) is 9.47 Å². The summed E-state index contributed by atoms with van der Waals surface area (Å²) in [5.41, 5.74) is 1.99. The summed E-state index contributed by atoms with van der Waals surface area (Å²) in [4.78, 5) is 15.3. The van der Waals surface area contributed by atoms with Gasteiger partial charge in [-0.25, -0.2) is 12.7 Å². The number of carbonyl (C=O) groups is 1. The number of nitrogens with one attached hydrogen (secondary N) is 1. The van der Waals surface area contributed by atoms with Gasteiger partial charge < -0.3 is 19.7 Å². The van der Waals surface area contributed by atoms with Gasteiger partial charge in [-0.15, -0.1) is 0 Å². The maximum atomic E-state index is 13.1. The average Bonchev–Trinajstić information content (AvgIpc) is 3.42. The van der Waals surface area contributed by atoms with Crippen molar-refractivity contribution in [1.82, 2.24) is 9.62 Å². The molecular weight excluding hydrogens is 406 g/mol. The van der Waals surface area contributed by atoms with E-state index < -0.39 is 10.0 Å². The summed E-state index contributed by atoms with van der Waals surface area (Å²) in [6, 6.07) is 10.3. The molecule has 1 N–H and O–H groups in total. The van der Waals surface area contributed by atoms with E-state index in [-0.39, 0.29) is 17.6 Å². The van der Waals surface area contributed by atoms with Crippen molar-refractivity contribution in [3.05, 3.63) is 47.5 Å². The summed E-state index contributed by atoms with van der Waals surface area (Å²) in [7, 11) is -0.692. The molecule has 4 rings (SSSR count). The molecular formula is C21H25N3O5S. The van der Waals surface area contributed by atoms with Crippen LogP contribution in [0.4, 0.5) is 5.69 Å². The molecule has 30 heavy (non-hydrogen) atoms. The monoisotopic (exact) mass is 431 g/mol. The lowest BCUT2D eigenvalue weighted by molar-refractivity contribution is 0.0951. The lowest BCUT2D eigenvalue weighted by Crippen LogP contribution is -2.28. The van der Waals surface area contributed by atoms with Gasteiger partial charge in [-0.05, 0) is 48.7 Å². The van der Waals surface area contributed by atoms with E-state index in [9.17, 15) is 13.2 Å². The Morgan fingerprint density at radius 1 is 1.07 bits per heavy atom. The van der Waals surface area contributed by atoms with Crippen LogP contribution in [0.1, 0.15) is 28.8 Å². The Morgan fingerprint density at radius 2 is 1.80 bits per heavy atom. The number of sulfonamides is 1. The molecule has 0 unspecified atom stereocenters. The quantitative estimate of drug-likeness (QED) is 0.754. The van der Waals surface area contributed by atoms with E-state index in [1.807, 2.05) is 18.2 Å². The Balaban J connectivity index is 1.60. The number of hydrogen-bond donors (Lipinski definition) is 1. The molecule has 2 heterocycles. The fourth-order valence-electron chi connectivity index (χ4n) is 3.63. The second-order valence-corrected chi connectivity index (χ2v) is 9.68. The second kappa shape index (κ2) is 8.16. The molecule has 2 aliphatic rings. The van der Waals surface area contributed by atoms with Crippen molar-refractivity contribution >= 4 is 21.6 Å². The van der Waals surface area contributed by atoms with Gasteiger partial charge >= 0.3 is 0 Å². The molecule has 9 heteroatoms. The van der Waals surface area contributed by atoms with Crippen molar-refractivity contribution in [2.24, 2.45) is 0 Å². The highest BCUT2D eigenvalue weighted by molar-refractivity contribution is 7.89. The van der Waals surface area contributed by atoms with Crippen LogP contribution in [0, 0.1) is 0 Å². The van der Waals surface area contributed by atoms with E-state index >= 15 is 0 Å². The molecule has 2 aromatic rings. The largest absolute Gasteiger partial charge is 0.454 e. The molecule has 0 bridgehead atoms. The zero-order valence-electron chi connectivity index (χ0n) is 17.1. The van der Waals surface area contributed by atoms with Crippen LogP contribution in [0.15, 0.2) is 41.3 Å². The first kappa shape index (κ1) is 20.5. The SMILES string of the molecule is CN(C)S(=O)(=O)c1ccc(N2CCCC2)c(C(=O)NCc2ccc3c(c2)OCO3)c1. The van der Waals surface area contributed by atoms with Crippen LogP contribution in [0.5, 0.6) is 11.5 Å². The van der Waals surface area contributed by atoms with Gasteiger partial charge in [0, 0.05) is 39.4 Å². The van der Waals surface area contributed by atoms with Crippen LogP contribution in [-0.4, -0.2) is 52.6 Å². The van der Waals surface area contributed by atoms with Crippen molar-refractivity contribution in [1.29, 1.82) is 0 Å². The minimum absolute atomic E-state index is 0.101. The van der Waals surface area contributed by atoms with Crippen LogP contribution in [0.3, 0.4) is 0 Å². The highest BCUT2D eigenvalue weighted by atomic mass is 32.2. The topological polar surface area (TPSA) is 88.2 Å². The third-order valence-electron chi connectivity index (χ3n) is 5.33. The standard InChI is InChI=1S/C21H25N3O5S/c1-23(2)30(26,27)16-6-7-18(24-9-3-4-10-24)17(12-16)21(25)22-13-15-5-8-19-20(11-15)29-14-28-19/h5-8,11-12H,3-4,9-10,13-14H2,1-2H3,(H,22,25). The molecule has 160 valence electrons. The van der Waals surface area contributed by atoms with Gasteiger partial charge in [0.1, 0.15) is 0 Å². The van der Waals surface area contributed by atoms with E-state index in [1.54, 1.807) is 12.1 Å². The number of fused-ring (bicyclic) bond motifs is 1. The van der Waals surface area contributed by atoms with Crippen molar-refractivity contribution < 1.29 is 22.7 Å². The summed E-state index contributed by atoms with van der Waals surface area (Å²) < 4.78 is 37.0. The van der Waals surface area contributed by atoms with Gasteiger partial charge in [0.15, 0.2) is 11.5 Å². The summed E-state index contributed by atoms with van der Waals surface area (Å²) in [6.07, 6.45) is 2.10. The van der Waals surface area contributed by atoms with Crippen LogP contribution in [0.25, 0.3) is 0 Å². The third kappa shape index (κ3) is 3.95. The van der Waals surface area contributed by atoms with Gasteiger partial charge in [0.2, 0.25) is 16.8 Å².